The lowest BCUT2D eigenvalue weighted by Gasteiger charge is -2.30. The SMILES string of the molecule is O=C(NCc1cscn1)NC(CCO)C1CCCCC1. The molecule has 20 heavy (non-hydrogen) atoms. The van der Waals surface area contributed by atoms with Crippen LogP contribution < -0.4 is 10.6 Å². The van der Waals surface area contributed by atoms with Crippen molar-refractivity contribution in [2.24, 2.45) is 5.92 Å². The van der Waals surface area contributed by atoms with Crippen molar-refractivity contribution in [2.75, 3.05) is 6.61 Å². The average molecular weight is 297 g/mol. The van der Waals surface area contributed by atoms with E-state index < -0.39 is 0 Å². The van der Waals surface area contributed by atoms with Gasteiger partial charge in [-0.05, 0) is 25.2 Å². The summed E-state index contributed by atoms with van der Waals surface area (Å²) in [6.07, 6.45) is 6.69. The summed E-state index contributed by atoms with van der Waals surface area (Å²) < 4.78 is 0. The molecule has 0 aromatic carbocycles. The van der Waals surface area contributed by atoms with Crippen molar-refractivity contribution >= 4 is 17.4 Å². The zero-order chi connectivity index (χ0) is 14.2. The van der Waals surface area contributed by atoms with E-state index in [-0.39, 0.29) is 18.7 Å². The van der Waals surface area contributed by atoms with Crippen molar-refractivity contribution in [3.8, 4) is 0 Å². The van der Waals surface area contributed by atoms with Crippen molar-refractivity contribution in [3.63, 3.8) is 0 Å². The Morgan fingerprint density at radius 3 is 2.90 bits per heavy atom. The lowest BCUT2D eigenvalue weighted by molar-refractivity contribution is 0.196. The number of aromatic nitrogens is 1. The number of thiazole rings is 1. The van der Waals surface area contributed by atoms with Gasteiger partial charge < -0.3 is 15.7 Å². The maximum atomic E-state index is 11.9. The number of hydrogen-bond donors (Lipinski definition) is 3. The van der Waals surface area contributed by atoms with E-state index in [1.807, 2.05) is 5.38 Å². The molecule has 112 valence electrons. The maximum absolute atomic E-state index is 11.9. The summed E-state index contributed by atoms with van der Waals surface area (Å²) in [7, 11) is 0. The first kappa shape index (κ1) is 15.3. The smallest absolute Gasteiger partial charge is 0.315 e. The Bertz CT molecular complexity index is 391. The number of carbonyl (C=O) groups is 1. The zero-order valence-electron chi connectivity index (χ0n) is 11.7. The third-order valence-electron chi connectivity index (χ3n) is 3.89. The predicted octanol–water partition coefficient (Wildman–Crippen LogP) is 2.27. The quantitative estimate of drug-likeness (QED) is 0.754. The third kappa shape index (κ3) is 4.76. The predicted molar refractivity (Wildman–Crippen MR) is 79.6 cm³/mol. The van der Waals surface area contributed by atoms with Crippen LogP contribution in [0.3, 0.4) is 0 Å². The van der Waals surface area contributed by atoms with Gasteiger partial charge >= 0.3 is 6.03 Å². The van der Waals surface area contributed by atoms with Gasteiger partial charge in [0.15, 0.2) is 0 Å². The minimum atomic E-state index is -0.165. The van der Waals surface area contributed by atoms with Crippen LogP contribution >= 0.6 is 11.3 Å². The second kappa shape index (κ2) is 8.21. The van der Waals surface area contributed by atoms with Crippen LogP contribution in [0.4, 0.5) is 4.79 Å². The van der Waals surface area contributed by atoms with Crippen molar-refractivity contribution in [1.29, 1.82) is 0 Å². The summed E-state index contributed by atoms with van der Waals surface area (Å²) in [4.78, 5) is 16.1. The number of nitrogens with one attached hydrogen (secondary N) is 2. The Balaban J connectivity index is 1.78. The van der Waals surface area contributed by atoms with Gasteiger partial charge in [-0.2, -0.15) is 0 Å². The molecule has 1 unspecified atom stereocenters. The molecule has 1 fully saturated rings. The van der Waals surface area contributed by atoms with Gasteiger partial charge in [-0.15, -0.1) is 11.3 Å². The van der Waals surface area contributed by atoms with Crippen LogP contribution in [0.2, 0.25) is 0 Å². The van der Waals surface area contributed by atoms with Crippen LogP contribution in [-0.2, 0) is 6.54 Å². The molecule has 0 bridgehead atoms. The molecule has 1 atom stereocenters. The highest BCUT2D eigenvalue weighted by Gasteiger charge is 2.24. The van der Waals surface area contributed by atoms with E-state index in [4.69, 9.17) is 0 Å². The molecule has 1 heterocycles. The molecule has 1 aromatic rings. The standard InChI is InChI=1S/C14H23N3O2S/c18-7-6-13(11-4-2-1-3-5-11)17-14(19)15-8-12-9-20-10-16-12/h9-11,13,18H,1-8H2,(H2,15,17,19). The molecule has 1 aromatic heterocycles. The van der Waals surface area contributed by atoms with Crippen LogP contribution in [0.1, 0.15) is 44.2 Å². The third-order valence-corrected chi connectivity index (χ3v) is 4.52. The van der Waals surface area contributed by atoms with E-state index in [2.05, 4.69) is 15.6 Å². The van der Waals surface area contributed by atoms with Gasteiger partial charge in [-0.3, -0.25) is 0 Å². The average Bonchev–Trinajstić information content (AvgIpc) is 2.99. The van der Waals surface area contributed by atoms with Gasteiger partial charge in [-0.25, -0.2) is 9.78 Å². The molecule has 0 saturated heterocycles. The fourth-order valence-corrected chi connectivity index (χ4v) is 3.37. The Labute approximate surface area is 123 Å². The first-order valence-corrected chi connectivity index (χ1v) is 8.26. The van der Waals surface area contributed by atoms with E-state index in [1.165, 1.54) is 30.6 Å². The van der Waals surface area contributed by atoms with Gasteiger partial charge in [-0.1, -0.05) is 19.3 Å². The molecule has 1 aliphatic rings. The first-order valence-electron chi connectivity index (χ1n) is 7.32. The Hall–Kier alpha value is -1.14. The van der Waals surface area contributed by atoms with E-state index in [0.717, 1.165) is 18.5 Å². The lowest BCUT2D eigenvalue weighted by Crippen LogP contribution is -2.46. The van der Waals surface area contributed by atoms with Gasteiger partial charge in [0.25, 0.3) is 0 Å². The molecule has 0 radical (unpaired) electrons. The molecular weight excluding hydrogens is 274 g/mol. The number of aliphatic hydroxyl groups excluding tert-OH is 1. The van der Waals surface area contributed by atoms with Crippen molar-refractivity contribution in [1.82, 2.24) is 15.6 Å². The molecular formula is C14H23N3O2S. The minimum absolute atomic E-state index is 0.0794. The molecule has 1 aliphatic carbocycles. The van der Waals surface area contributed by atoms with Gasteiger partial charge in [0.05, 0.1) is 17.7 Å². The van der Waals surface area contributed by atoms with E-state index >= 15 is 0 Å². The number of nitrogens with zero attached hydrogens (tertiary/aromatic N) is 1. The van der Waals surface area contributed by atoms with Gasteiger partial charge in [0, 0.05) is 18.0 Å². The highest BCUT2D eigenvalue weighted by Crippen LogP contribution is 2.27. The molecule has 0 spiro atoms. The molecule has 2 rings (SSSR count). The van der Waals surface area contributed by atoms with Crippen LogP contribution in [0.25, 0.3) is 0 Å². The maximum Gasteiger partial charge on any atom is 0.315 e. The molecule has 3 N–H and O–H groups in total. The number of rotatable bonds is 6. The second-order valence-electron chi connectivity index (χ2n) is 5.32. The molecule has 2 amide bonds. The molecule has 5 nitrogen and oxygen atoms in total. The number of urea groups is 1. The summed E-state index contributed by atoms with van der Waals surface area (Å²) in [5.41, 5.74) is 2.63. The summed E-state index contributed by atoms with van der Waals surface area (Å²) in [6.45, 7) is 0.569. The Morgan fingerprint density at radius 2 is 2.25 bits per heavy atom. The van der Waals surface area contributed by atoms with E-state index in [1.54, 1.807) is 5.51 Å². The minimum Gasteiger partial charge on any atom is -0.396 e. The lowest BCUT2D eigenvalue weighted by atomic mass is 9.83. The Morgan fingerprint density at radius 1 is 1.45 bits per heavy atom. The van der Waals surface area contributed by atoms with Crippen LogP contribution in [0.5, 0.6) is 0 Å². The first-order chi connectivity index (χ1) is 9.79. The fourth-order valence-electron chi connectivity index (χ4n) is 2.82. The number of aliphatic hydroxyl groups is 1. The second-order valence-corrected chi connectivity index (χ2v) is 6.04. The number of amides is 2. The molecule has 1 saturated carbocycles. The monoisotopic (exact) mass is 297 g/mol. The van der Waals surface area contributed by atoms with Crippen LogP contribution in [-0.4, -0.2) is 28.8 Å². The number of carbonyl (C=O) groups excluding carboxylic acids is 1. The van der Waals surface area contributed by atoms with Crippen LogP contribution in [0.15, 0.2) is 10.9 Å². The number of hydrogen-bond acceptors (Lipinski definition) is 4. The molecule has 0 aliphatic heterocycles. The van der Waals surface area contributed by atoms with Crippen LogP contribution in [0, 0.1) is 5.92 Å². The normalized spacial score (nSPS) is 17.6. The zero-order valence-corrected chi connectivity index (χ0v) is 12.5. The van der Waals surface area contributed by atoms with Crippen molar-refractivity contribution in [3.05, 3.63) is 16.6 Å². The topological polar surface area (TPSA) is 74.2 Å². The van der Waals surface area contributed by atoms with Gasteiger partial charge in [0.2, 0.25) is 0 Å². The largest absolute Gasteiger partial charge is 0.396 e. The van der Waals surface area contributed by atoms with Gasteiger partial charge in [0.1, 0.15) is 0 Å². The summed E-state index contributed by atoms with van der Waals surface area (Å²) in [5, 5.41) is 16.9. The van der Waals surface area contributed by atoms with E-state index in [0.29, 0.717) is 18.9 Å². The fraction of sp³-hybridized carbons (Fsp3) is 0.714. The summed E-state index contributed by atoms with van der Waals surface area (Å²) in [5.74, 6) is 0.501. The molecule has 6 heteroatoms. The van der Waals surface area contributed by atoms with Crippen molar-refractivity contribution < 1.29 is 9.90 Å². The summed E-state index contributed by atoms with van der Waals surface area (Å²) in [6, 6.07) is -0.0854. The summed E-state index contributed by atoms with van der Waals surface area (Å²) >= 11 is 1.52. The Kier molecular flexibility index (Phi) is 6.26. The van der Waals surface area contributed by atoms with E-state index in [9.17, 15) is 9.90 Å². The van der Waals surface area contributed by atoms with Crippen molar-refractivity contribution in [2.45, 2.75) is 51.1 Å². The highest BCUT2D eigenvalue weighted by atomic mass is 32.1. The highest BCUT2D eigenvalue weighted by molar-refractivity contribution is 7.07.